The summed E-state index contributed by atoms with van der Waals surface area (Å²) in [4.78, 5) is 6.82. The Balaban J connectivity index is 2.05. The number of aliphatic hydroxyl groups excluding tert-OH is 1. The summed E-state index contributed by atoms with van der Waals surface area (Å²) in [5.41, 5.74) is 1.29. The molecule has 1 fully saturated rings. The summed E-state index contributed by atoms with van der Waals surface area (Å²) < 4.78 is 0. The van der Waals surface area contributed by atoms with E-state index in [9.17, 15) is 5.11 Å². The number of hydrogen-bond acceptors (Lipinski definition) is 4. The maximum Gasteiger partial charge on any atom is 0.128 e. The summed E-state index contributed by atoms with van der Waals surface area (Å²) in [6.45, 7) is 7.66. The second-order valence-corrected chi connectivity index (χ2v) is 5.76. The summed E-state index contributed by atoms with van der Waals surface area (Å²) in [6, 6.07) is 4.63. The normalized spacial score (nSPS) is 20.9. The first-order valence-electron chi connectivity index (χ1n) is 7.79. The number of nitrogens with zero attached hydrogens (tertiary/aromatic N) is 2. The highest BCUT2D eigenvalue weighted by Crippen LogP contribution is 2.23. The molecule has 2 unspecified atom stereocenters. The van der Waals surface area contributed by atoms with Crippen LogP contribution >= 0.6 is 0 Å². The summed E-state index contributed by atoms with van der Waals surface area (Å²) >= 11 is 0. The highest BCUT2D eigenvalue weighted by atomic mass is 16.3. The number of piperidine rings is 1. The van der Waals surface area contributed by atoms with E-state index in [2.05, 4.69) is 41.2 Å². The molecule has 1 aromatic heterocycles. The van der Waals surface area contributed by atoms with Crippen LogP contribution < -0.4 is 10.2 Å². The third-order valence-corrected chi connectivity index (χ3v) is 4.07. The van der Waals surface area contributed by atoms with Gasteiger partial charge < -0.3 is 15.3 Å². The van der Waals surface area contributed by atoms with Crippen molar-refractivity contribution in [3.8, 4) is 0 Å². The molecule has 2 heterocycles. The molecule has 0 aromatic carbocycles. The smallest absolute Gasteiger partial charge is 0.128 e. The van der Waals surface area contributed by atoms with Crippen molar-refractivity contribution in [1.29, 1.82) is 0 Å². The molecule has 1 aromatic rings. The molecule has 0 aliphatic carbocycles. The van der Waals surface area contributed by atoms with E-state index in [4.69, 9.17) is 0 Å². The molecule has 1 aliphatic rings. The lowest BCUT2D eigenvalue weighted by molar-refractivity contribution is 0.208. The molecule has 1 saturated heterocycles. The average Bonchev–Trinajstić information content (AvgIpc) is 2.52. The number of nitrogens with one attached hydrogen (secondary N) is 1. The van der Waals surface area contributed by atoms with Crippen LogP contribution in [0.3, 0.4) is 0 Å². The Bertz CT molecular complexity index is 410. The summed E-state index contributed by atoms with van der Waals surface area (Å²) in [5, 5.41) is 12.9. The van der Waals surface area contributed by atoms with Gasteiger partial charge in [0.25, 0.3) is 0 Å². The average molecular weight is 277 g/mol. The minimum atomic E-state index is 0.282. The van der Waals surface area contributed by atoms with E-state index in [1.807, 2.05) is 6.20 Å². The van der Waals surface area contributed by atoms with Gasteiger partial charge in [0.15, 0.2) is 0 Å². The Morgan fingerprint density at radius 2 is 2.40 bits per heavy atom. The van der Waals surface area contributed by atoms with Crippen LogP contribution in [0.4, 0.5) is 5.82 Å². The first-order valence-corrected chi connectivity index (χ1v) is 7.79. The topological polar surface area (TPSA) is 48.4 Å². The van der Waals surface area contributed by atoms with Crippen molar-refractivity contribution < 1.29 is 5.11 Å². The van der Waals surface area contributed by atoms with Crippen molar-refractivity contribution in [2.45, 2.75) is 39.2 Å². The number of anilines is 1. The molecule has 112 valence electrons. The molecule has 4 nitrogen and oxygen atoms in total. The van der Waals surface area contributed by atoms with Gasteiger partial charge in [0.2, 0.25) is 0 Å². The maximum absolute atomic E-state index is 9.34. The highest BCUT2D eigenvalue weighted by molar-refractivity contribution is 5.42. The molecular formula is C16H27N3O. The van der Waals surface area contributed by atoms with E-state index in [0.717, 1.165) is 44.7 Å². The van der Waals surface area contributed by atoms with E-state index in [0.29, 0.717) is 12.0 Å². The molecule has 2 rings (SSSR count). The fourth-order valence-corrected chi connectivity index (χ4v) is 2.78. The van der Waals surface area contributed by atoms with Gasteiger partial charge in [-0.05, 0) is 56.3 Å². The van der Waals surface area contributed by atoms with E-state index < -0.39 is 0 Å². The lowest BCUT2D eigenvalue weighted by Gasteiger charge is -2.33. The third kappa shape index (κ3) is 3.93. The van der Waals surface area contributed by atoms with Gasteiger partial charge in [0, 0.05) is 31.9 Å². The van der Waals surface area contributed by atoms with Crippen molar-refractivity contribution >= 4 is 5.82 Å². The predicted octanol–water partition coefficient (Wildman–Crippen LogP) is 2.35. The molecule has 2 atom stereocenters. The Morgan fingerprint density at radius 1 is 1.55 bits per heavy atom. The monoisotopic (exact) mass is 277 g/mol. The Labute approximate surface area is 122 Å². The lowest BCUT2D eigenvalue weighted by atomic mass is 9.99. The lowest BCUT2D eigenvalue weighted by Crippen LogP contribution is -2.37. The molecule has 1 aliphatic heterocycles. The standard InChI is InChI=1S/C16H27N3O/c1-3-7-17-13(2)15-6-8-18-16(10-15)19-9-4-5-14(11-19)12-20/h6,8,10,13-14,17,20H,3-5,7,9,11-12H2,1-2H3. The molecule has 2 N–H and O–H groups in total. The van der Waals surface area contributed by atoms with Crippen molar-refractivity contribution in [2.75, 3.05) is 31.1 Å². The van der Waals surface area contributed by atoms with E-state index in [1.165, 1.54) is 5.56 Å². The molecule has 0 saturated carbocycles. The van der Waals surface area contributed by atoms with Crippen molar-refractivity contribution in [2.24, 2.45) is 5.92 Å². The molecule has 0 bridgehead atoms. The van der Waals surface area contributed by atoms with Gasteiger partial charge in [0.1, 0.15) is 5.82 Å². The zero-order valence-corrected chi connectivity index (χ0v) is 12.7. The van der Waals surface area contributed by atoms with Gasteiger partial charge in [-0.1, -0.05) is 6.92 Å². The van der Waals surface area contributed by atoms with Crippen molar-refractivity contribution in [3.05, 3.63) is 23.9 Å². The van der Waals surface area contributed by atoms with Crippen LogP contribution in [0.5, 0.6) is 0 Å². The number of aliphatic hydroxyl groups is 1. The van der Waals surface area contributed by atoms with Gasteiger partial charge in [0.05, 0.1) is 0 Å². The third-order valence-electron chi connectivity index (χ3n) is 4.07. The Hall–Kier alpha value is -1.13. The molecule has 0 spiro atoms. The first-order chi connectivity index (χ1) is 9.74. The van der Waals surface area contributed by atoms with E-state index >= 15 is 0 Å². The fraction of sp³-hybridized carbons (Fsp3) is 0.688. The minimum absolute atomic E-state index is 0.282. The quantitative estimate of drug-likeness (QED) is 0.838. The van der Waals surface area contributed by atoms with Gasteiger partial charge in [-0.3, -0.25) is 0 Å². The largest absolute Gasteiger partial charge is 0.396 e. The SMILES string of the molecule is CCCNC(C)c1ccnc(N2CCCC(CO)C2)c1. The van der Waals surface area contributed by atoms with Crippen molar-refractivity contribution in [1.82, 2.24) is 10.3 Å². The van der Waals surface area contributed by atoms with Crippen LogP contribution in [-0.4, -0.2) is 36.3 Å². The molecule has 0 amide bonds. The number of pyridine rings is 1. The van der Waals surface area contributed by atoms with Gasteiger partial charge >= 0.3 is 0 Å². The summed E-state index contributed by atoms with van der Waals surface area (Å²) in [5.74, 6) is 1.44. The van der Waals surface area contributed by atoms with Crippen LogP contribution in [0.25, 0.3) is 0 Å². The minimum Gasteiger partial charge on any atom is -0.396 e. The zero-order valence-electron chi connectivity index (χ0n) is 12.7. The molecule has 20 heavy (non-hydrogen) atoms. The van der Waals surface area contributed by atoms with E-state index in [-0.39, 0.29) is 6.61 Å². The fourth-order valence-electron chi connectivity index (χ4n) is 2.78. The van der Waals surface area contributed by atoms with Crippen LogP contribution in [0.15, 0.2) is 18.3 Å². The van der Waals surface area contributed by atoms with Crippen LogP contribution in [0.2, 0.25) is 0 Å². The van der Waals surface area contributed by atoms with Crippen LogP contribution in [0.1, 0.15) is 44.7 Å². The van der Waals surface area contributed by atoms with Crippen molar-refractivity contribution in [3.63, 3.8) is 0 Å². The Kier molecular flexibility index (Phi) is 5.80. The molecule has 4 heteroatoms. The number of hydrogen-bond donors (Lipinski definition) is 2. The maximum atomic E-state index is 9.34. The van der Waals surface area contributed by atoms with Crippen LogP contribution in [-0.2, 0) is 0 Å². The molecular weight excluding hydrogens is 250 g/mol. The highest BCUT2D eigenvalue weighted by Gasteiger charge is 2.20. The second kappa shape index (κ2) is 7.60. The van der Waals surface area contributed by atoms with Gasteiger partial charge in [-0.2, -0.15) is 0 Å². The first kappa shape index (κ1) is 15.3. The number of rotatable bonds is 6. The zero-order chi connectivity index (χ0) is 14.4. The Morgan fingerprint density at radius 3 is 3.15 bits per heavy atom. The van der Waals surface area contributed by atoms with E-state index in [1.54, 1.807) is 0 Å². The predicted molar refractivity (Wildman–Crippen MR) is 83.0 cm³/mol. The van der Waals surface area contributed by atoms with Gasteiger partial charge in [-0.15, -0.1) is 0 Å². The second-order valence-electron chi connectivity index (χ2n) is 5.76. The summed E-state index contributed by atoms with van der Waals surface area (Å²) in [6.07, 6.45) is 5.31. The van der Waals surface area contributed by atoms with Gasteiger partial charge in [-0.25, -0.2) is 4.98 Å². The van der Waals surface area contributed by atoms with Crippen LogP contribution in [0, 0.1) is 5.92 Å². The molecule has 0 radical (unpaired) electrons. The number of aromatic nitrogens is 1. The summed E-state index contributed by atoms with van der Waals surface area (Å²) in [7, 11) is 0.